The van der Waals surface area contributed by atoms with Crippen LogP contribution < -0.4 is 5.32 Å². The second kappa shape index (κ2) is 4.35. The highest BCUT2D eigenvalue weighted by Gasteiger charge is 2.04. The van der Waals surface area contributed by atoms with Crippen molar-refractivity contribution in [2.75, 3.05) is 5.32 Å². The molecule has 2 aromatic rings. The zero-order valence-corrected chi connectivity index (χ0v) is 9.63. The summed E-state index contributed by atoms with van der Waals surface area (Å²) in [5.41, 5.74) is 0.601. The van der Waals surface area contributed by atoms with Gasteiger partial charge in [-0.15, -0.1) is 11.3 Å². The molecule has 2 rings (SSSR count). The minimum atomic E-state index is -0.372. The number of rotatable bonds is 2. The van der Waals surface area contributed by atoms with E-state index in [1.54, 1.807) is 11.4 Å². The summed E-state index contributed by atoms with van der Waals surface area (Å²) in [6.45, 7) is 0. The largest absolute Gasteiger partial charge is 0.330 e. The lowest BCUT2D eigenvalue weighted by Gasteiger charge is -2.04. The Labute approximate surface area is 99.7 Å². The molecule has 0 bridgehead atoms. The molecule has 1 aromatic heterocycles. The van der Waals surface area contributed by atoms with Gasteiger partial charge in [-0.1, -0.05) is 23.2 Å². The monoisotopic (exact) mass is 262 g/mol. The fourth-order valence-corrected chi connectivity index (χ4v) is 2.08. The van der Waals surface area contributed by atoms with Gasteiger partial charge >= 0.3 is 0 Å². The number of halogens is 3. The molecule has 15 heavy (non-hydrogen) atoms. The number of nitrogens with zero attached hydrogens (tertiary/aromatic N) is 1. The molecule has 0 aliphatic heterocycles. The summed E-state index contributed by atoms with van der Waals surface area (Å²) in [4.78, 5) is 3.99. The van der Waals surface area contributed by atoms with Crippen molar-refractivity contribution in [3.8, 4) is 0 Å². The Morgan fingerprint density at radius 2 is 2.13 bits per heavy atom. The predicted molar refractivity (Wildman–Crippen MR) is 61.8 cm³/mol. The molecule has 0 amide bonds. The van der Waals surface area contributed by atoms with Crippen molar-refractivity contribution in [1.82, 2.24) is 4.98 Å². The van der Waals surface area contributed by atoms with E-state index in [-0.39, 0.29) is 5.82 Å². The number of thiazole rings is 1. The Morgan fingerprint density at radius 3 is 2.73 bits per heavy atom. The molecule has 0 aliphatic carbocycles. The van der Waals surface area contributed by atoms with E-state index in [1.807, 2.05) is 0 Å². The fourth-order valence-electron chi connectivity index (χ4n) is 1.02. The Hall–Kier alpha value is -0.840. The minimum Gasteiger partial charge on any atom is -0.330 e. The van der Waals surface area contributed by atoms with Gasteiger partial charge in [0.05, 0.1) is 10.7 Å². The Kier molecular flexibility index (Phi) is 3.09. The molecule has 0 radical (unpaired) electrons. The molecule has 6 heteroatoms. The van der Waals surface area contributed by atoms with Crippen LogP contribution in [0.25, 0.3) is 0 Å². The van der Waals surface area contributed by atoms with Gasteiger partial charge in [-0.3, -0.25) is 0 Å². The minimum absolute atomic E-state index is 0.307. The number of benzene rings is 1. The zero-order chi connectivity index (χ0) is 10.8. The lowest BCUT2D eigenvalue weighted by molar-refractivity contribution is 0.628. The summed E-state index contributed by atoms with van der Waals surface area (Å²) in [7, 11) is 0. The first-order valence-electron chi connectivity index (χ1n) is 3.98. The van der Waals surface area contributed by atoms with Gasteiger partial charge < -0.3 is 5.32 Å². The van der Waals surface area contributed by atoms with Crippen molar-refractivity contribution in [3.05, 3.63) is 39.6 Å². The molecule has 2 nitrogen and oxygen atoms in total. The van der Waals surface area contributed by atoms with E-state index in [2.05, 4.69) is 10.3 Å². The molecule has 0 atom stereocenters. The molecule has 0 unspecified atom stereocenters. The van der Waals surface area contributed by atoms with Crippen LogP contribution in [-0.2, 0) is 0 Å². The van der Waals surface area contributed by atoms with E-state index in [4.69, 9.17) is 23.2 Å². The standard InChI is InChI=1S/C9H5Cl2FN2S/c10-6-3-5(12)1-2-7(6)13-9-14-8(11)4-15-9/h1-4H,(H,13,14). The van der Waals surface area contributed by atoms with E-state index in [0.717, 1.165) is 0 Å². The first kappa shape index (κ1) is 10.7. The summed E-state index contributed by atoms with van der Waals surface area (Å²) < 4.78 is 12.7. The fraction of sp³-hybridized carbons (Fsp3) is 0. The molecular formula is C9H5Cl2FN2S. The van der Waals surface area contributed by atoms with E-state index < -0.39 is 0 Å². The average Bonchev–Trinajstić information content (AvgIpc) is 2.56. The normalized spacial score (nSPS) is 10.3. The smallest absolute Gasteiger partial charge is 0.188 e. The highest BCUT2D eigenvalue weighted by Crippen LogP contribution is 2.28. The number of anilines is 2. The topological polar surface area (TPSA) is 24.9 Å². The Morgan fingerprint density at radius 1 is 1.33 bits per heavy atom. The third kappa shape index (κ3) is 2.59. The number of nitrogens with one attached hydrogen (secondary N) is 1. The molecule has 1 aromatic carbocycles. The Bertz CT molecular complexity index is 487. The summed E-state index contributed by atoms with van der Waals surface area (Å²) in [5, 5.41) is 5.98. The van der Waals surface area contributed by atoms with E-state index in [0.29, 0.717) is 21.0 Å². The van der Waals surface area contributed by atoms with Crippen molar-refractivity contribution in [1.29, 1.82) is 0 Å². The van der Waals surface area contributed by atoms with E-state index >= 15 is 0 Å². The van der Waals surface area contributed by atoms with Gasteiger partial charge in [0.1, 0.15) is 11.0 Å². The van der Waals surface area contributed by atoms with Crippen LogP contribution in [-0.4, -0.2) is 4.98 Å². The maximum absolute atomic E-state index is 12.7. The van der Waals surface area contributed by atoms with Crippen LogP contribution in [0.1, 0.15) is 0 Å². The second-order valence-corrected chi connectivity index (χ2v) is 4.38. The van der Waals surface area contributed by atoms with E-state index in [9.17, 15) is 4.39 Å². The second-order valence-electron chi connectivity index (χ2n) is 2.72. The third-order valence-corrected chi connectivity index (χ3v) is 3.04. The van der Waals surface area contributed by atoms with Gasteiger partial charge in [0.2, 0.25) is 0 Å². The summed E-state index contributed by atoms with van der Waals surface area (Å²) in [6.07, 6.45) is 0. The molecule has 0 saturated carbocycles. The molecule has 1 heterocycles. The van der Waals surface area contributed by atoms with Crippen LogP contribution >= 0.6 is 34.5 Å². The number of hydrogen-bond acceptors (Lipinski definition) is 3. The molecule has 0 spiro atoms. The summed E-state index contributed by atoms with van der Waals surface area (Å²) in [5.74, 6) is -0.372. The Balaban J connectivity index is 2.24. The molecule has 78 valence electrons. The maximum atomic E-state index is 12.7. The van der Waals surface area contributed by atoms with Gasteiger partial charge in [-0.25, -0.2) is 9.37 Å². The first-order chi connectivity index (χ1) is 7.15. The van der Waals surface area contributed by atoms with Gasteiger partial charge in [-0.2, -0.15) is 0 Å². The first-order valence-corrected chi connectivity index (χ1v) is 5.62. The van der Waals surface area contributed by atoms with Gasteiger partial charge in [-0.05, 0) is 18.2 Å². The third-order valence-electron chi connectivity index (χ3n) is 1.65. The van der Waals surface area contributed by atoms with Crippen LogP contribution in [0.2, 0.25) is 10.2 Å². The average molecular weight is 263 g/mol. The molecule has 1 N–H and O–H groups in total. The molecular weight excluding hydrogens is 258 g/mol. The predicted octanol–water partition coefficient (Wildman–Crippen LogP) is 4.33. The van der Waals surface area contributed by atoms with Crippen LogP contribution in [0, 0.1) is 5.82 Å². The maximum Gasteiger partial charge on any atom is 0.188 e. The SMILES string of the molecule is Fc1ccc(Nc2nc(Cl)cs2)c(Cl)c1. The van der Waals surface area contributed by atoms with Crippen LogP contribution in [0.4, 0.5) is 15.2 Å². The van der Waals surface area contributed by atoms with Gasteiger partial charge in [0.15, 0.2) is 5.13 Å². The number of hydrogen-bond donors (Lipinski definition) is 1. The summed E-state index contributed by atoms with van der Waals surface area (Å²) in [6, 6.07) is 4.11. The van der Waals surface area contributed by atoms with Gasteiger partial charge in [0.25, 0.3) is 0 Å². The molecule has 0 fully saturated rings. The zero-order valence-electron chi connectivity index (χ0n) is 7.30. The highest BCUT2D eigenvalue weighted by molar-refractivity contribution is 7.14. The van der Waals surface area contributed by atoms with E-state index in [1.165, 1.54) is 23.5 Å². The highest BCUT2D eigenvalue weighted by atomic mass is 35.5. The molecule has 0 aliphatic rings. The quantitative estimate of drug-likeness (QED) is 0.872. The molecule has 0 saturated heterocycles. The number of aromatic nitrogens is 1. The van der Waals surface area contributed by atoms with Gasteiger partial charge in [0, 0.05) is 5.38 Å². The van der Waals surface area contributed by atoms with Crippen molar-refractivity contribution in [2.45, 2.75) is 0 Å². The van der Waals surface area contributed by atoms with Crippen molar-refractivity contribution in [2.24, 2.45) is 0 Å². The van der Waals surface area contributed by atoms with Crippen LogP contribution in [0.5, 0.6) is 0 Å². The lowest BCUT2D eigenvalue weighted by atomic mass is 10.3. The van der Waals surface area contributed by atoms with Crippen molar-refractivity contribution >= 4 is 45.4 Å². The van der Waals surface area contributed by atoms with Crippen molar-refractivity contribution in [3.63, 3.8) is 0 Å². The van der Waals surface area contributed by atoms with Crippen LogP contribution in [0.15, 0.2) is 23.6 Å². The van der Waals surface area contributed by atoms with Crippen LogP contribution in [0.3, 0.4) is 0 Å². The van der Waals surface area contributed by atoms with Crippen molar-refractivity contribution < 1.29 is 4.39 Å². The lowest BCUT2D eigenvalue weighted by Crippen LogP contribution is -1.90. The summed E-state index contributed by atoms with van der Waals surface area (Å²) >= 11 is 12.8.